The van der Waals surface area contributed by atoms with Gasteiger partial charge < -0.3 is 9.88 Å². The number of rotatable bonds is 2. The molecule has 76 valence electrons. The van der Waals surface area contributed by atoms with Gasteiger partial charge in [-0.05, 0) is 6.92 Å². The molecule has 14 heavy (non-hydrogen) atoms. The molecule has 1 rings (SSSR count). The highest BCUT2D eigenvalue weighted by Gasteiger charge is 2.05. The lowest BCUT2D eigenvalue weighted by Gasteiger charge is -2.06. The summed E-state index contributed by atoms with van der Waals surface area (Å²) in [7, 11) is 1.62. The fraction of sp³-hybridized carbons (Fsp3) is 0.444. The molecule has 1 aromatic heterocycles. The third kappa shape index (κ3) is 2.18. The highest BCUT2D eigenvalue weighted by atomic mass is 16.2. The monoisotopic (exact) mass is 195 g/mol. The average Bonchev–Trinajstić information content (AvgIpc) is 2.14. The Morgan fingerprint density at radius 1 is 1.64 bits per heavy atom. The van der Waals surface area contributed by atoms with E-state index in [1.165, 1.54) is 4.57 Å². The minimum Gasteiger partial charge on any atom is -0.310 e. The van der Waals surface area contributed by atoms with Crippen LogP contribution in [0.25, 0.3) is 0 Å². The summed E-state index contributed by atoms with van der Waals surface area (Å²) in [6.45, 7) is 3.53. The van der Waals surface area contributed by atoms with E-state index in [1.807, 2.05) is 0 Å². The first-order chi connectivity index (χ1) is 6.54. The summed E-state index contributed by atoms with van der Waals surface area (Å²) in [4.78, 5) is 26.0. The van der Waals surface area contributed by atoms with Crippen LogP contribution in [0.1, 0.15) is 18.9 Å². The van der Waals surface area contributed by atoms with Gasteiger partial charge in [-0.15, -0.1) is 0 Å². The minimum absolute atomic E-state index is 0.145. The first-order valence-electron chi connectivity index (χ1n) is 4.38. The Kier molecular flexibility index (Phi) is 3.01. The van der Waals surface area contributed by atoms with Crippen LogP contribution in [0.5, 0.6) is 0 Å². The number of amides is 1. The van der Waals surface area contributed by atoms with Gasteiger partial charge in [0.25, 0.3) is 0 Å². The lowest BCUT2D eigenvalue weighted by molar-refractivity contribution is -0.115. The summed E-state index contributed by atoms with van der Waals surface area (Å²) in [6, 6.07) is 0. The lowest BCUT2D eigenvalue weighted by atomic mass is 10.3. The third-order valence-electron chi connectivity index (χ3n) is 1.85. The molecule has 0 aliphatic heterocycles. The maximum Gasteiger partial charge on any atom is 0.349 e. The quantitative estimate of drug-likeness (QED) is 0.744. The molecule has 0 saturated heterocycles. The van der Waals surface area contributed by atoms with E-state index in [1.54, 1.807) is 27.1 Å². The molecule has 1 heterocycles. The topological polar surface area (TPSA) is 64.0 Å². The SMILES string of the molecule is CCC(=O)Nc1nc(=O)n(C)cc1C. The van der Waals surface area contributed by atoms with Crippen molar-refractivity contribution in [3.8, 4) is 0 Å². The molecule has 0 unspecified atom stereocenters. The zero-order chi connectivity index (χ0) is 10.7. The van der Waals surface area contributed by atoms with Crippen molar-refractivity contribution in [3.05, 3.63) is 22.2 Å². The summed E-state index contributed by atoms with van der Waals surface area (Å²) in [6.07, 6.45) is 2.01. The van der Waals surface area contributed by atoms with E-state index < -0.39 is 0 Å². The van der Waals surface area contributed by atoms with Crippen molar-refractivity contribution in [3.63, 3.8) is 0 Å². The van der Waals surface area contributed by atoms with Gasteiger partial charge in [-0.2, -0.15) is 4.98 Å². The van der Waals surface area contributed by atoms with E-state index in [4.69, 9.17) is 0 Å². The molecule has 0 atom stereocenters. The molecule has 0 aliphatic carbocycles. The van der Waals surface area contributed by atoms with Gasteiger partial charge in [0.15, 0.2) is 0 Å². The van der Waals surface area contributed by atoms with Gasteiger partial charge in [0.1, 0.15) is 5.82 Å². The van der Waals surface area contributed by atoms with Gasteiger partial charge in [0.05, 0.1) is 0 Å². The van der Waals surface area contributed by atoms with Crippen LogP contribution in [0, 0.1) is 6.92 Å². The second kappa shape index (κ2) is 4.04. The van der Waals surface area contributed by atoms with E-state index >= 15 is 0 Å². The Morgan fingerprint density at radius 2 is 2.29 bits per heavy atom. The number of carbonyl (C=O) groups excluding carboxylic acids is 1. The Hall–Kier alpha value is -1.65. The Labute approximate surface area is 81.8 Å². The van der Waals surface area contributed by atoms with Crippen molar-refractivity contribution in [1.29, 1.82) is 0 Å². The van der Waals surface area contributed by atoms with Crippen molar-refractivity contribution in [2.45, 2.75) is 20.3 Å². The molecule has 0 spiro atoms. The Morgan fingerprint density at radius 3 is 2.86 bits per heavy atom. The maximum atomic E-state index is 11.2. The molecular formula is C9H13N3O2. The lowest BCUT2D eigenvalue weighted by Crippen LogP contribution is -2.23. The largest absolute Gasteiger partial charge is 0.349 e. The first-order valence-corrected chi connectivity index (χ1v) is 4.38. The van der Waals surface area contributed by atoms with Crippen molar-refractivity contribution in [2.75, 3.05) is 5.32 Å². The Balaban J connectivity index is 3.04. The van der Waals surface area contributed by atoms with Crippen LogP contribution in [0.4, 0.5) is 5.82 Å². The molecule has 0 saturated carbocycles. The standard InChI is InChI=1S/C9H13N3O2/c1-4-7(13)10-8-6(2)5-12(3)9(14)11-8/h5H,4H2,1-3H3,(H,10,11,13,14). The molecule has 0 fully saturated rings. The summed E-state index contributed by atoms with van der Waals surface area (Å²) in [5.74, 6) is 0.203. The smallest absolute Gasteiger partial charge is 0.310 e. The predicted molar refractivity (Wildman–Crippen MR) is 53.1 cm³/mol. The van der Waals surface area contributed by atoms with Crippen LogP contribution in [-0.4, -0.2) is 15.5 Å². The van der Waals surface area contributed by atoms with Crippen LogP contribution in [-0.2, 0) is 11.8 Å². The molecule has 5 heteroatoms. The number of hydrogen-bond donors (Lipinski definition) is 1. The zero-order valence-corrected chi connectivity index (χ0v) is 8.50. The summed E-state index contributed by atoms with van der Waals surface area (Å²) < 4.78 is 1.37. The number of nitrogens with one attached hydrogen (secondary N) is 1. The van der Waals surface area contributed by atoms with Gasteiger partial charge in [-0.1, -0.05) is 6.92 Å². The van der Waals surface area contributed by atoms with Gasteiger partial charge in [0, 0.05) is 25.2 Å². The van der Waals surface area contributed by atoms with E-state index in [-0.39, 0.29) is 11.6 Å². The van der Waals surface area contributed by atoms with Crippen molar-refractivity contribution in [2.24, 2.45) is 7.05 Å². The molecule has 1 N–H and O–H groups in total. The fourth-order valence-corrected chi connectivity index (χ4v) is 1.02. The number of carbonyl (C=O) groups is 1. The highest BCUT2D eigenvalue weighted by Crippen LogP contribution is 2.06. The van der Waals surface area contributed by atoms with E-state index in [0.717, 1.165) is 5.56 Å². The van der Waals surface area contributed by atoms with Crippen molar-refractivity contribution >= 4 is 11.7 Å². The van der Waals surface area contributed by atoms with E-state index in [0.29, 0.717) is 12.2 Å². The molecule has 0 aromatic carbocycles. The van der Waals surface area contributed by atoms with Gasteiger partial charge >= 0.3 is 5.69 Å². The first kappa shape index (κ1) is 10.4. The average molecular weight is 195 g/mol. The zero-order valence-electron chi connectivity index (χ0n) is 8.50. The van der Waals surface area contributed by atoms with Crippen LogP contribution in [0.2, 0.25) is 0 Å². The summed E-state index contributed by atoms with van der Waals surface area (Å²) in [5, 5.41) is 2.56. The second-order valence-corrected chi connectivity index (χ2v) is 3.07. The van der Waals surface area contributed by atoms with E-state index in [2.05, 4.69) is 10.3 Å². The van der Waals surface area contributed by atoms with Crippen LogP contribution in [0.15, 0.2) is 11.0 Å². The molecule has 0 aliphatic rings. The highest BCUT2D eigenvalue weighted by molar-refractivity contribution is 5.89. The van der Waals surface area contributed by atoms with Gasteiger partial charge in [-0.3, -0.25) is 4.79 Å². The molecule has 0 bridgehead atoms. The van der Waals surface area contributed by atoms with E-state index in [9.17, 15) is 9.59 Å². The number of hydrogen-bond acceptors (Lipinski definition) is 3. The third-order valence-corrected chi connectivity index (χ3v) is 1.85. The molecule has 0 radical (unpaired) electrons. The minimum atomic E-state index is -0.373. The molecular weight excluding hydrogens is 182 g/mol. The number of aryl methyl sites for hydroxylation is 2. The van der Waals surface area contributed by atoms with Gasteiger partial charge in [-0.25, -0.2) is 4.79 Å². The number of anilines is 1. The molecule has 1 amide bonds. The van der Waals surface area contributed by atoms with Crippen LogP contribution in [0.3, 0.4) is 0 Å². The molecule has 1 aromatic rings. The predicted octanol–water partition coefficient (Wildman–Crippen LogP) is 0.437. The van der Waals surface area contributed by atoms with Gasteiger partial charge in [0.2, 0.25) is 5.91 Å². The fourth-order valence-electron chi connectivity index (χ4n) is 1.02. The summed E-state index contributed by atoms with van der Waals surface area (Å²) in [5.41, 5.74) is 0.399. The number of aromatic nitrogens is 2. The normalized spacial score (nSPS) is 9.93. The summed E-state index contributed by atoms with van der Waals surface area (Å²) >= 11 is 0. The van der Waals surface area contributed by atoms with Crippen LogP contribution >= 0.6 is 0 Å². The second-order valence-electron chi connectivity index (χ2n) is 3.07. The van der Waals surface area contributed by atoms with Crippen molar-refractivity contribution < 1.29 is 4.79 Å². The van der Waals surface area contributed by atoms with Crippen molar-refractivity contribution in [1.82, 2.24) is 9.55 Å². The Bertz CT molecular complexity index is 409. The molecule has 5 nitrogen and oxygen atoms in total. The maximum absolute atomic E-state index is 11.2. The van der Waals surface area contributed by atoms with Crippen LogP contribution < -0.4 is 11.0 Å². The number of nitrogens with zero attached hydrogens (tertiary/aromatic N) is 2.